The van der Waals surface area contributed by atoms with Crippen LogP contribution >= 0.6 is 0 Å². The van der Waals surface area contributed by atoms with Gasteiger partial charge in [0, 0.05) is 13.0 Å². The Morgan fingerprint density at radius 2 is 2.29 bits per heavy atom. The van der Waals surface area contributed by atoms with Gasteiger partial charge in [0.05, 0.1) is 6.10 Å². The van der Waals surface area contributed by atoms with E-state index in [4.69, 9.17) is 4.74 Å². The summed E-state index contributed by atoms with van der Waals surface area (Å²) in [5.41, 5.74) is 0.708. The summed E-state index contributed by atoms with van der Waals surface area (Å²) in [5.74, 6) is -0.155. The molecule has 1 N–H and O–H groups in total. The molecule has 1 heterocycles. The quantitative estimate of drug-likeness (QED) is 0.775. The maximum absolute atomic E-state index is 13.3. The van der Waals surface area contributed by atoms with Crippen molar-refractivity contribution < 1.29 is 9.13 Å². The second-order valence-electron chi connectivity index (χ2n) is 3.64. The fourth-order valence-electron chi connectivity index (χ4n) is 1.66. The second-order valence-corrected chi connectivity index (χ2v) is 3.64. The highest BCUT2D eigenvalue weighted by Crippen LogP contribution is 2.13. The molecule has 0 aromatic heterocycles. The van der Waals surface area contributed by atoms with Crippen LogP contribution in [0.3, 0.4) is 0 Å². The van der Waals surface area contributed by atoms with Gasteiger partial charge in [-0.1, -0.05) is 18.2 Å². The monoisotopic (exact) mass is 195 g/mol. The minimum absolute atomic E-state index is 0.0399. The van der Waals surface area contributed by atoms with Crippen LogP contribution < -0.4 is 5.32 Å². The van der Waals surface area contributed by atoms with Crippen LogP contribution in [0.4, 0.5) is 4.39 Å². The average Bonchev–Trinajstić information content (AvgIpc) is 2.56. The molecule has 2 atom stereocenters. The van der Waals surface area contributed by atoms with E-state index in [2.05, 4.69) is 5.32 Å². The normalized spacial score (nSPS) is 26.7. The smallest absolute Gasteiger partial charge is 0.126 e. The fraction of sp³-hybridized carbons (Fsp3) is 0.455. The van der Waals surface area contributed by atoms with Gasteiger partial charge in [0.25, 0.3) is 0 Å². The van der Waals surface area contributed by atoms with Gasteiger partial charge in [-0.3, -0.25) is 5.32 Å². The van der Waals surface area contributed by atoms with E-state index in [1.165, 1.54) is 6.07 Å². The first-order valence-electron chi connectivity index (χ1n) is 4.88. The van der Waals surface area contributed by atoms with Crippen molar-refractivity contribution in [1.29, 1.82) is 0 Å². The van der Waals surface area contributed by atoms with Gasteiger partial charge in [-0.15, -0.1) is 0 Å². The Labute approximate surface area is 83.1 Å². The molecule has 0 saturated carbocycles. The Morgan fingerprint density at radius 1 is 1.50 bits per heavy atom. The number of hydrogen-bond acceptors (Lipinski definition) is 2. The lowest BCUT2D eigenvalue weighted by Crippen LogP contribution is -2.25. The molecule has 2 nitrogen and oxygen atoms in total. The van der Waals surface area contributed by atoms with Gasteiger partial charge in [-0.2, -0.15) is 0 Å². The van der Waals surface area contributed by atoms with Crippen LogP contribution in [0, 0.1) is 5.82 Å². The molecule has 1 aliphatic heterocycles. The van der Waals surface area contributed by atoms with Crippen molar-refractivity contribution in [3.05, 3.63) is 35.6 Å². The van der Waals surface area contributed by atoms with Crippen molar-refractivity contribution in [1.82, 2.24) is 5.32 Å². The molecule has 14 heavy (non-hydrogen) atoms. The maximum Gasteiger partial charge on any atom is 0.126 e. The highest BCUT2D eigenvalue weighted by molar-refractivity contribution is 5.18. The van der Waals surface area contributed by atoms with Gasteiger partial charge in [-0.05, 0) is 18.6 Å². The minimum atomic E-state index is -0.155. The number of rotatable bonds is 2. The summed E-state index contributed by atoms with van der Waals surface area (Å²) in [5, 5.41) is 3.19. The zero-order chi connectivity index (χ0) is 9.97. The van der Waals surface area contributed by atoms with Gasteiger partial charge < -0.3 is 4.74 Å². The molecule has 2 unspecified atom stereocenters. The first-order chi connectivity index (χ1) is 6.75. The van der Waals surface area contributed by atoms with E-state index in [-0.39, 0.29) is 18.1 Å². The summed E-state index contributed by atoms with van der Waals surface area (Å²) in [6.45, 7) is 2.85. The summed E-state index contributed by atoms with van der Waals surface area (Å²) in [4.78, 5) is 0. The lowest BCUT2D eigenvalue weighted by atomic mass is 10.1. The second kappa shape index (κ2) is 4.07. The lowest BCUT2D eigenvalue weighted by Gasteiger charge is -2.11. The molecule has 0 radical (unpaired) electrons. The summed E-state index contributed by atoms with van der Waals surface area (Å²) < 4.78 is 18.8. The summed E-state index contributed by atoms with van der Waals surface area (Å²) in [6, 6.07) is 6.82. The molecular weight excluding hydrogens is 181 g/mol. The van der Waals surface area contributed by atoms with Crippen LogP contribution in [0.5, 0.6) is 0 Å². The van der Waals surface area contributed by atoms with Crippen LogP contribution in [0.2, 0.25) is 0 Å². The van der Waals surface area contributed by atoms with Crippen molar-refractivity contribution in [2.45, 2.75) is 25.7 Å². The number of ether oxygens (including phenoxy) is 1. The molecule has 76 valence electrons. The van der Waals surface area contributed by atoms with Gasteiger partial charge in [-0.25, -0.2) is 4.39 Å². The summed E-state index contributed by atoms with van der Waals surface area (Å²) >= 11 is 0. The predicted molar refractivity (Wildman–Crippen MR) is 52.4 cm³/mol. The van der Waals surface area contributed by atoms with E-state index >= 15 is 0 Å². The van der Waals surface area contributed by atoms with E-state index in [0.29, 0.717) is 12.0 Å². The third-order valence-corrected chi connectivity index (χ3v) is 2.39. The van der Waals surface area contributed by atoms with Crippen molar-refractivity contribution in [3.63, 3.8) is 0 Å². The SMILES string of the molecule is CC1CNC(Cc2ccccc2F)O1. The number of halogens is 1. The molecule has 1 aromatic rings. The average molecular weight is 195 g/mol. The van der Waals surface area contributed by atoms with Crippen LogP contribution in [0.25, 0.3) is 0 Å². The molecule has 1 saturated heterocycles. The molecule has 1 aliphatic rings. The first-order valence-corrected chi connectivity index (χ1v) is 4.88. The van der Waals surface area contributed by atoms with Crippen molar-refractivity contribution in [2.75, 3.05) is 6.54 Å². The molecule has 2 rings (SSSR count). The summed E-state index contributed by atoms with van der Waals surface area (Å²) in [6.07, 6.45) is 0.783. The predicted octanol–water partition coefficient (Wildman–Crippen LogP) is 1.70. The Hall–Kier alpha value is -0.930. The van der Waals surface area contributed by atoms with Gasteiger partial charge in [0.2, 0.25) is 0 Å². The molecule has 1 fully saturated rings. The molecule has 0 amide bonds. The van der Waals surface area contributed by atoms with Crippen molar-refractivity contribution in [3.8, 4) is 0 Å². The van der Waals surface area contributed by atoms with Crippen LogP contribution in [0.1, 0.15) is 12.5 Å². The van der Waals surface area contributed by atoms with E-state index in [1.807, 2.05) is 13.0 Å². The van der Waals surface area contributed by atoms with E-state index in [1.54, 1.807) is 12.1 Å². The maximum atomic E-state index is 13.3. The molecule has 0 bridgehead atoms. The number of benzene rings is 1. The molecule has 0 spiro atoms. The molecule has 1 aromatic carbocycles. The van der Waals surface area contributed by atoms with Gasteiger partial charge >= 0.3 is 0 Å². The van der Waals surface area contributed by atoms with Crippen LogP contribution in [-0.4, -0.2) is 18.9 Å². The van der Waals surface area contributed by atoms with Crippen LogP contribution in [-0.2, 0) is 11.2 Å². The Balaban J connectivity index is 2.01. The zero-order valence-corrected chi connectivity index (χ0v) is 8.16. The topological polar surface area (TPSA) is 21.3 Å². The number of nitrogens with one attached hydrogen (secondary N) is 1. The Bertz CT molecular complexity index is 316. The van der Waals surface area contributed by atoms with E-state index in [9.17, 15) is 4.39 Å². The fourth-order valence-corrected chi connectivity index (χ4v) is 1.66. The molecule has 3 heteroatoms. The van der Waals surface area contributed by atoms with Gasteiger partial charge in [0.1, 0.15) is 12.0 Å². The summed E-state index contributed by atoms with van der Waals surface area (Å²) in [7, 11) is 0. The van der Waals surface area contributed by atoms with Crippen molar-refractivity contribution >= 4 is 0 Å². The largest absolute Gasteiger partial charge is 0.359 e. The minimum Gasteiger partial charge on any atom is -0.359 e. The third kappa shape index (κ3) is 2.11. The van der Waals surface area contributed by atoms with Gasteiger partial charge in [0.15, 0.2) is 0 Å². The highest BCUT2D eigenvalue weighted by Gasteiger charge is 2.21. The van der Waals surface area contributed by atoms with E-state index in [0.717, 1.165) is 6.54 Å². The zero-order valence-electron chi connectivity index (χ0n) is 8.16. The Kier molecular flexibility index (Phi) is 2.79. The van der Waals surface area contributed by atoms with Crippen LogP contribution in [0.15, 0.2) is 24.3 Å². The highest BCUT2D eigenvalue weighted by atomic mass is 19.1. The standard InChI is InChI=1S/C11H14FNO/c1-8-7-13-11(14-8)6-9-4-2-3-5-10(9)12/h2-5,8,11,13H,6-7H2,1H3. The van der Waals surface area contributed by atoms with Crippen molar-refractivity contribution in [2.24, 2.45) is 0 Å². The Morgan fingerprint density at radius 3 is 2.93 bits per heavy atom. The number of hydrogen-bond donors (Lipinski definition) is 1. The lowest BCUT2D eigenvalue weighted by molar-refractivity contribution is 0.0515. The molecule has 0 aliphatic carbocycles. The van der Waals surface area contributed by atoms with E-state index < -0.39 is 0 Å². The molecular formula is C11H14FNO. The first kappa shape index (κ1) is 9.62. The third-order valence-electron chi connectivity index (χ3n) is 2.39.